The van der Waals surface area contributed by atoms with E-state index in [1.54, 1.807) is 0 Å². The molecule has 0 heterocycles. The summed E-state index contributed by atoms with van der Waals surface area (Å²) in [5.74, 6) is 0. The molecule has 0 spiro atoms. The fourth-order valence-corrected chi connectivity index (χ4v) is 0.400. The third-order valence-corrected chi connectivity index (χ3v) is 0.994. The summed E-state index contributed by atoms with van der Waals surface area (Å²) >= 11 is 0. The van der Waals surface area contributed by atoms with Crippen LogP contribution < -0.4 is 0 Å². The van der Waals surface area contributed by atoms with Gasteiger partial charge in [0.05, 0.1) is 0 Å². The van der Waals surface area contributed by atoms with Gasteiger partial charge in [0.2, 0.25) is 0 Å². The molecule has 0 aromatic heterocycles. The Balaban J connectivity index is -0.0000000817. The third kappa shape index (κ3) is 25.1. The Morgan fingerprint density at radius 1 is 0.727 bits per heavy atom. The molecule has 11 heavy (non-hydrogen) atoms. The van der Waals surface area contributed by atoms with Crippen LogP contribution in [0.15, 0.2) is 0 Å². The number of likely N-dealkylation sites (N-methyl/N-ethyl adjacent to an activating group) is 2. The van der Waals surface area contributed by atoms with Crippen molar-refractivity contribution in [1.82, 2.24) is 9.80 Å². The molecule has 0 bridgehead atoms. The molecule has 0 unspecified atom stereocenters. The zero-order valence-corrected chi connectivity index (χ0v) is 9.18. The van der Waals surface area contributed by atoms with Gasteiger partial charge < -0.3 is 20.8 Å². The maximum Gasteiger partial charge on any atom is 2.00 e. The van der Waals surface area contributed by atoms with E-state index in [0.29, 0.717) is 0 Å². The van der Waals surface area contributed by atoms with Crippen LogP contribution in [0.1, 0.15) is 0 Å². The summed E-state index contributed by atoms with van der Waals surface area (Å²) < 4.78 is 0. The first-order chi connectivity index (χ1) is 3.63. The average Bonchev–Trinajstić information content (AvgIpc) is 1.61. The van der Waals surface area contributed by atoms with Crippen LogP contribution in [0.3, 0.4) is 0 Å². The molecular formula is C6H20N2O2Pd+2. The second-order valence-electron chi connectivity index (χ2n) is 2.61. The minimum absolute atomic E-state index is 0. The maximum atomic E-state index is 2.18. The Morgan fingerprint density at radius 3 is 1.00 bits per heavy atom. The number of hydrogen-bond donors (Lipinski definition) is 0. The van der Waals surface area contributed by atoms with Gasteiger partial charge in [-0.2, -0.15) is 0 Å². The van der Waals surface area contributed by atoms with E-state index < -0.39 is 0 Å². The molecule has 0 saturated carbocycles. The summed E-state index contributed by atoms with van der Waals surface area (Å²) in [5.41, 5.74) is 0. The number of nitrogens with zero attached hydrogens (tertiary/aromatic N) is 2. The summed E-state index contributed by atoms with van der Waals surface area (Å²) in [6.45, 7) is 2.29. The molecule has 0 aliphatic carbocycles. The largest absolute Gasteiger partial charge is 2.00 e. The first kappa shape index (κ1) is 22.5. The molecule has 0 aromatic rings. The van der Waals surface area contributed by atoms with Gasteiger partial charge in [0, 0.05) is 13.1 Å². The van der Waals surface area contributed by atoms with Gasteiger partial charge in [-0.05, 0) is 28.2 Å². The summed E-state index contributed by atoms with van der Waals surface area (Å²) in [4.78, 5) is 4.36. The number of hydrogen-bond acceptors (Lipinski definition) is 2. The van der Waals surface area contributed by atoms with Crippen molar-refractivity contribution in [2.75, 3.05) is 41.3 Å². The van der Waals surface area contributed by atoms with Crippen molar-refractivity contribution in [2.24, 2.45) is 0 Å². The van der Waals surface area contributed by atoms with Gasteiger partial charge >= 0.3 is 20.4 Å². The smallest absolute Gasteiger partial charge is 0.412 e. The average molecular weight is 259 g/mol. The zero-order chi connectivity index (χ0) is 6.57. The van der Waals surface area contributed by atoms with Crippen molar-refractivity contribution in [1.29, 1.82) is 0 Å². The fraction of sp³-hybridized carbons (Fsp3) is 1.00. The van der Waals surface area contributed by atoms with Gasteiger partial charge in [0.25, 0.3) is 0 Å². The quantitative estimate of drug-likeness (QED) is 0.576. The van der Waals surface area contributed by atoms with Crippen molar-refractivity contribution in [3.8, 4) is 0 Å². The molecule has 0 aliphatic heterocycles. The summed E-state index contributed by atoms with van der Waals surface area (Å²) in [6.07, 6.45) is 0. The summed E-state index contributed by atoms with van der Waals surface area (Å²) in [5, 5.41) is 0. The van der Waals surface area contributed by atoms with E-state index in [-0.39, 0.29) is 31.4 Å². The van der Waals surface area contributed by atoms with Crippen LogP contribution in [-0.2, 0) is 20.4 Å². The second-order valence-corrected chi connectivity index (χ2v) is 2.61. The molecule has 0 aromatic carbocycles. The first-order valence-corrected chi connectivity index (χ1v) is 2.92. The van der Waals surface area contributed by atoms with Gasteiger partial charge in [-0.1, -0.05) is 0 Å². The molecule has 0 aliphatic rings. The van der Waals surface area contributed by atoms with Crippen LogP contribution in [0.25, 0.3) is 0 Å². The summed E-state index contributed by atoms with van der Waals surface area (Å²) in [6, 6.07) is 0. The van der Waals surface area contributed by atoms with E-state index in [2.05, 4.69) is 38.0 Å². The van der Waals surface area contributed by atoms with Gasteiger partial charge in [-0.15, -0.1) is 0 Å². The Hall–Kier alpha value is 0.502. The van der Waals surface area contributed by atoms with Crippen LogP contribution in [0.4, 0.5) is 0 Å². The van der Waals surface area contributed by atoms with Crippen LogP contribution in [-0.4, -0.2) is 62.0 Å². The van der Waals surface area contributed by atoms with E-state index in [9.17, 15) is 0 Å². The minimum Gasteiger partial charge on any atom is -0.412 e. The zero-order valence-electron chi connectivity index (χ0n) is 7.62. The maximum absolute atomic E-state index is 2.18. The van der Waals surface area contributed by atoms with Crippen molar-refractivity contribution in [3.63, 3.8) is 0 Å². The van der Waals surface area contributed by atoms with Crippen molar-refractivity contribution in [2.45, 2.75) is 0 Å². The first-order valence-electron chi connectivity index (χ1n) is 2.92. The van der Waals surface area contributed by atoms with Crippen LogP contribution >= 0.6 is 0 Å². The second kappa shape index (κ2) is 13.1. The summed E-state index contributed by atoms with van der Waals surface area (Å²) in [7, 11) is 8.35. The Bertz CT molecular complexity index is 54.5. The normalized spacial score (nSPS) is 8.18. The molecule has 0 amide bonds. The van der Waals surface area contributed by atoms with Crippen molar-refractivity contribution >= 4 is 0 Å². The van der Waals surface area contributed by atoms with Crippen LogP contribution in [0, 0.1) is 0 Å². The van der Waals surface area contributed by atoms with E-state index in [0.717, 1.165) is 13.1 Å². The SMILES string of the molecule is CN(C)CCN(C)C.O.O.[Pd+2]. The molecule has 4 N–H and O–H groups in total. The van der Waals surface area contributed by atoms with Gasteiger partial charge in [-0.3, -0.25) is 0 Å². The Kier molecular flexibility index (Phi) is 26.9. The van der Waals surface area contributed by atoms with E-state index in [1.807, 2.05) is 0 Å². The standard InChI is InChI=1S/C6H16N2.2H2O.Pd/c1-7(2)5-6-8(3)4;;;/h5-6H2,1-4H3;2*1H2;/q;;;+2. The molecule has 5 heteroatoms. The van der Waals surface area contributed by atoms with E-state index >= 15 is 0 Å². The van der Waals surface area contributed by atoms with Crippen LogP contribution in [0.2, 0.25) is 0 Å². The Morgan fingerprint density at radius 2 is 0.909 bits per heavy atom. The Labute approximate surface area is 82.8 Å². The third-order valence-electron chi connectivity index (χ3n) is 0.994. The predicted molar refractivity (Wildman–Crippen MR) is 44.3 cm³/mol. The molecule has 0 rings (SSSR count). The topological polar surface area (TPSA) is 69.5 Å². The van der Waals surface area contributed by atoms with E-state index in [1.165, 1.54) is 0 Å². The van der Waals surface area contributed by atoms with Gasteiger partial charge in [0.1, 0.15) is 0 Å². The molecule has 4 nitrogen and oxygen atoms in total. The molecule has 0 fully saturated rings. The monoisotopic (exact) mass is 258 g/mol. The van der Waals surface area contributed by atoms with Gasteiger partial charge in [0.15, 0.2) is 0 Å². The molecule has 74 valence electrons. The molecular weight excluding hydrogens is 238 g/mol. The van der Waals surface area contributed by atoms with Crippen molar-refractivity contribution < 1.29 is 31.4 Å². The molecule has 0 saturated heterocycles. The van der Waals surface area contributed by atoms with Gasteiger partial charge in [-0.25, -0.2) is 0 Å². The predicted octanol–water partition coefficient (Wildman–Crippen LogP) is -1.54. The molecule has 0 atom stereocenters. The number of rotatable bonds is 3. The van der Waals surface area contributed by atoms with Crippen molar-refractivity contribution in [3.05, 3.63) is 0 Å². The fourth-order valence-electron chi connectivity index (χ4n) is 0.400. The van der Waals surface area contributed by atoms with Crippen LogP contribution in [0.5, 0.6) is 0 Å². The molecule has 0 radical (unpaired) electrons. The minimum atomic E-state index is 0. The van der Waals surface area contributed by atoms with E-state index in [4.69, 9.17) is 0 Å².